The number of aromatic nitrogens is 5. The van der Waals surface area contributed by atoms with E-state index in [1.165, 1.54) is 29.5 Å². The van der Waals surface area contributed by atoms with E-state index in [0.717, 1.165) is 47.9 Å². The number of ketones is 1. The predicted octanol–water partition coefficient (Wildman–Crippen LogP) is 4.49. The molecule has 148 valence electrons. The Hall–Kier alpha value is -1.93. The molecule has 3 heterocycles. The molecule has 0 amide bonds. The van der Waals surface area contributed by atoms with Crippen molar-refractivity contribution in [1.82, 2.24) is 24.8 Å². The molecule has 3 aromatic heterocycles. The first-order chi connectivity index (χ1) is 13.6. The van der Waals surface area contributed by atoms with Gasteiger partial charge in [0.05, 0.1) is 11.8 Å². The van der Waals surface area contributed by atoms with Crippen LogP contribution in [0.15, 0.2) is 28.7 Å². The lowest BCUT2D eigenvalue weighted by Crippen LogP contribution is -2.11. The second kappa shape index (κ2) is 8.61. The molecule has 28 heavy (non-hydrogen) atoms. The van der Waals surface area contributed by atoms with Crippen molar-refractivity contribution in [3.05, 3.63) is 45.4 Å². The van der Waals surface area contributed by atoms with Crippen LogP contribution in [0.3, 0.4) is 0 Å². The molecule has 0 bridgehead atoms. The number of carbonyl (C=O) groups is 1. The Morgan fingerprint density at radius 1 is 1.32 bits per heavy atom. The first-order valence-corrected chi connectivity index (χ1v) is 11.6. The molecule has 0 saturated heterocycles. The van der Waals surface area contributed by atoms with Crippen molar-refractivity contribution in [3.8, 4) is 0 Å². The quantitative estimate of drug-likeness (QED) is 0.401. The van der Waals surface area contributed by atoms with Crippen LogP contribution in [0.1, 0.15) is 58.3 Å². The molecule has 4 rings (SSSR count). The van der Waals surface area contributed by atoms with Gasteiger partial charge in [0, 0.05) is 28.4 Å². The third-order valence-electron chi connectivity index (χ3n) is 5.50. The van der Waals surface area contributed by atoms with Crippen molar-refractivity contribution < 1.29 is 4.79 Å². The van der Waals surface area contributed by atoms with Crippen LogP contribution in [-0.2, 0) is 13.0 Å². The SMILES string of the molecule is Cc1cc(C(=O)CSc2nnnn2C2CCCC2)c(C)n1CCc1cccs1. The lowest BCUT2D eigenvalue weighted by molar-refractivity contribution is 0.102. The fourth-order valence-corrected chi connectivity index (χ4v) is 5.50. The second-order valence-electron chi connectivity index (χ2n) is 7.32. The summed E-state index contributed by atoms with van der Waals surface area (Å²) in [5.74, 6) is 0.504. The van der Waals surface area contributed by atoms with E-state index in [0.29, 0.717) is 11.8 Å². The fourth-order valence-electron chi connectivity index (χ4n) is 3.97. The third kappa shape index (κ3) is 4.07. The molecular formula is C20H25N5OS2. The van der Waals surface area contributed by atoms with E-state index >= 15 is 0 Å². The first-order valence-electron chi connectivity index (χ1n) is 9.76. The number of thioether (sulfide) groups is 1. The van der Waals surface area contributed by atoms with Crippen LogP contribution in [0, 0.1) is 13.8 Å². The van der Waals surface area contributed by atoms with Gasteiger partial charge in [-0.05, 0) is 61.0 Å². The molecule has 0 radical (unpaired) electrons. The molecular weight excluding hydrogens is 390 g/mol. The fraction of sp³-hybridized carbons (Fsp3) is 0.500. The average Bonchev–Trinajstić information content (AvgIpc) is 3.47. The smallest absolute Gasteiger partial charge is 0.210 e. The van der Waals surface area contributed by atoms with Gasteiger partial charge < -0.3 is 4.57 Å². The average molecular weight is 416 g/mol. The standard InChI is InChI=1S/C20H25N5OS2/c1-14-12-18(15(2)24(14)10-9-17-8-5-11-27-17)19(26)13-28-20-21-22-23-25(20)16-6-3-4-7-16/h5,8,11-12,16H,3-4,6-7,9-10,13H2,1-2H3. The molecule has 3 aromatic rings. The normalized spacial score (nSPS) is 14.8. The minimum absolute atomic E-state index is 0.140. The summed E-state index contributed by atoms with van der Waals surface area (Å²) < 4.78 is 4.16. The first kappa shape index (κ1) is 19.4. The zero-order valence-corrected chi connectivity index (χ0v) is 17.9. The highest BCUT2D eigenvalue weighted by molar-refractivity contribution is 7.99. The molecule has 0 spiro atoms. The van der Waals surface area contributed by atoms with Gasteiger partial charge in [-0.15, -0.1) is 16.4 Å². The van der Waals surface area contributed by atoms with Crippen LogP contribution in [0.5, 0.6) is 0 Å². The van der Waals surface area contributed by atoms with Crippen molar-refractivity contribution in [1.29, 1.82) is 0 Å². The number of hydrogen-bond donors (Lipinski definition) is 0. The van der Waals surface area contributed by atoms with Crippen molar-refractivity contribution >= 4 is 28.9 Å². The summed E-state index contributed by atoms with van der Waals surface area (Å²) in [6, 6.07) is 6.65. The molecule has 1 saturated carbocycles. The number of carbonyl (C=O) groups excluding carboxylic acids is 1. The number of nitrogens with zero attached hydrogens (tertiary/aromatic N) is 5. The third-order valence-corrected chi connectivity index (χ3v) is 7.37. The highest BCUT2D eigenvalue weighted by atomic mass is 32.2. The van der Waals surface area contributed by atoms with Gasteiger partial charge in [0.25, 0.3) is 0 Å². The second-order valence-corrected chi connectivity index (χ2v) is 9.30. The summed E-state index contributed by atoms with van der Waals surface area (Å²) in [6.07, 6.45) is 5.69. The van der Waals surface area contributed by atoms with E-state index < -0.39 is 0 Å². The molecule has 0 N–H and O–H groups in total. The largest absolute Gasteiger partial charge is 0.348 e. The van der Waals surface area contributed by atoms with Gasteiger partial charge >= 0.3 is 0 Å². The Balaban J connectivity index is 1.41. The maximum absolute atomic E-state index is 12.9. The molecule has 1 aliphatic carbocycles. The molecule has 0 aromatic carbocycles. The number of Topliss-reactive ketones (excluding diaryl/α,β-unsaturated/α-hetero) is 1. The maximum Gasteiger partial charge on any atom is 0.210 e. The Morgan fingerprint density at radius 2 is 2.14 bits per heavy atom. The Kier molecular flexibility index (Phi) is 5.96. The van der Waals surface area contributed by atoms with Crippen LogP contribution in [0.25, 0.3) is 0 Å². The topological polar surface area (TPSA) is 65.6 Å². The Labute approximate surface area is 173 Å². The lowest BCUT2D eigenvalue weighted by Gasteiger charge is -2.11. The van der Waals surface area contributed by atoms with Crippen molar-refractivity contribution in [2.75, 3.05) is 5.75 Å². The van der Waals surface area contributed by atoms with Crippen molar-refractivity contribution in [2.45, 2.75) is 63.7 Å². The minimum Gasteiger partial charge on any atom is -0.348 e. The van der Waals surface area contributed by atoms with Crippen molar-refractivity contribution in [2.24, 2.45) is 0 Å². The van der Waals surface area contributed by atoms with E-state index in [1.807, 2.05) is 17.7 Å². The summed E-state index contributed by atoms with van der Waals surface area (Å²) in [5.41, 5.74) is 3.00. The summed E-state index contributed by atoms with van der Waals surface area (Å²) in [7, 11) is 0. The van der Waals surface area contributed by atoms with Crippen LogP contribution < -0.4 is 0 Å². The molecule has 6 nitrogen and oxygen atoms in total. The monoisotopic (exact) mass is 415 g/mol. The van der Waals surface area contributed by atoms with Crippen molar-refractivity contribution in [3.63, 3.8) is 0 Å². The van der Waals surface area contributed by atoms with E-state index in [4.69, 9.17) is 0 Å². The molecule has 1 aliphatic rings. The Bertz CT molecular complexity index is 938. The zero-order chi connectivity index (χ0) is 19.5. The van der Waals surface area contributed by atoms with Gasteiger partial charge in [0.15, 0.2) is 5.78 Å². The summed E-state index contributed by atoms with van der Waals surface area (Å²) in [4.78, 5) is 14.3. The number of thiophene rings is 1. The van der Waals surface area contributed by atoms with Crippen LogP contribution >= 0.6 is 23.1 Å². The lowest BCUT2D eigenvalue weighted by atomic mass is 10.2. The molecule has 0 unspecified atom stereocenters. The van der Waals surface area contributed by atoms with Crippen LogP contribution in [0.4, 0.5) is 0 Å². The van der Waals surface area contributed by atoms with Gasteiger partial charge in [-0.25, -0.2) is 4.68 Å². The molecule has 0 aliphatic heterocycles. The van der Waals surface area contributed by atoms with Gasteiger partial charge in [-0.3, -0.25) is 4.79 Å². The van der Waals surface area contributed by atoms with Gasteiger partial charge in [0.1, 0.15) is 0 Å². The van der Waals surface area contributed by atoms with Gasteiger partial charge in [-0.1, -0.05) is 30.7 Å². The number of rotatable bonds is 8. The van der Waals surface area contributed by atoms with Crippen LogP contribution in [-0.4, -0.2) is 36.3 Å². The highest BCUT2D eigenvalue weighted by Gasteiger charge is 2.23. The Morgan fingerprint density at radius 3 is 2.89 bits per heavy atom. The molecule has 1 fully saturated rings. The zero-order valence-electron chi connectivity index (χ0n) is 16.3. The summed E-state index contributed by atoms with van der Waals surface area (Å²) in [5, 5.41) is 15.0. The summed E-state index contributed by atoms with van der Waals surface area (Å²) >= 11 is 3.23. The van der Waals surface area contributed by atoms with E-state index in [9.17, 15) is 4.79 Å². The van der Waals surface area contributed by atoms with Crippen LogP contribution in [0.2, 0.25) is 0 Å². The highest BCUT2D eigenvalue weighted by Crippen LogP contribution is 2.31. The number of tetrazole rings is 1. The van der Waals surface area contributed by atoms with Gasteiger partial charge in [0.2, 0.25) is 5.16 Å². The minimum atomic E-state index is 0.140. The predicted molar refractivity (Wildman–Crippen MR) is 112 cm³/mol. The summed E-state index contributed by atoms with van der Waals surface area (Å²) in [6.45, 7) is 5.02. The molecule has 0 atom stereocenters. The number of hydrogen-bond acceptors (Lipinski definition) is 6. The van der Waals surface area contributed by atoms with E-state index in [2.05, 4.69) is 44.5 Å². The van der Waals surface area contributed by atoms with Gasteiger partial charge in [-0.2, -0.15) is 0 Å². The van der Waals surface area contributed by atoms with E-state index in [1.54, 1.807) is 11.3 Å². The van der Waals surface area contributed by atoms with E-state index in [-0.39, 0.29) is 5.78 Å². The number of aryl methyl sites for hydroxylation is 2. The maximum atomic E-state index is 12.9. The molecule has 8 heteroatoms.